The number of hydrogen-bond donors (Lipinski definition) is 1. The molecule has 0 spiro atoms. The van der Waals surface area contributed by atoms with Crippen molar-refractivity contribution in [2.24, 2.45) is 0 Å². The van der Waals surface area contributed by atoms with E-state index < -0.39 is 12.0 Å². The van der Waals surface area contributed by atoms with Gasteiger partial charge in [-0.2, -0.15) is 0 Å². The number of hydrogen-bond acceptors (Lipinski definition) is 3. The maximum Gasteiger partial charge on any atom is 0.224 e. The maximum absolute atomic E-state index is 12.1. The molecule has 0 radical (unpaired) electrons. The third-order valence-corrected chi connectivity index (χ3v) is 3.12. The minimum atomic E-state index is -1.19. The molecule has 1 amide bonds. The van der Waals surface area contributed by atoms with E-state index in [4.69, 9.17) is 0 Å². The highest BCUT2D eigenvalue weighted by atomic mass is 16.4. The average molecular weight is 282 g/mol. The summed E-state index contributed by atoms with van der Waals surface area (Å²) in [5.74, 6) is -1.40. The molecule has 0 aromatic heterocycles. The van der Waals surface area contributed by atoms with Crippen molar-refractivity contribution in [2.75, 3.05) is 0 Å². The third kappa shape index (κ3) is 4.76. The first-order valence-corrected chi connectivity index (χ1v) is 6.73. The monoisotopic (exact) mass is 282 g/mol. The van der Waals surface area contributed by atoms with Crippen LogP contribution in [0.5, 0.6) is 0 Å². The molecule has 2 aromatic carbocycles. The zero-order valence-electron chi connectivity index (χ0n) is 11.5. The Bertz CT molecular complexity index is 596. The number of carbonyl (C=O) groups is 2. The Hall–Kier alpha value is -2.62. The smallest absolute Gasteiger partial charge is 0.224 e. The molecule has 4 heteroatoms. The summed E-state index contributed by atoms with van der Waals surface area (Å²) in [7, 11) is 0. The standard InChI is InChI=1S/C17H17NO3/c19-16(11-13-7-3-1-4-8-13)18-15(12-17(20)21)14-9-5-2-6-10-14/h1-10,15H,11-12H2,(H,18,19)(H,20,21)/p-1/t15-/m1/s1. The number of carboxylic acids is 1. The van der Waals surface area contributed by atoms with E-state index in [2.05, 4.69) is 5.32 Å². The largest absolute Gasteiger partial charge is 0.550 e. The lowest BCUT2D eigenvalue weighted by atomic mass is 10.0. The topological polar surface area (TPSA) is 69.2 Å². The fourth-order valence-corrected chi connectivity index (χ4v) is 2.13. The molecule has 0 unspecified atom stereocenters. The number of aliphatic carboxylic acids is 1. The van der Waals surface area contributed by atoms with Crippen LogP contribution in [0.25, 0.3) is 0 Å². The molecule has 0 aliphatic carbocycles. The highest BCUT2D eigenvalue weighted by Gasteiger charge is 2.14. The van der Waals surface area contributed by atoms with Gasteiger partial charge in [0.2, 0.25) is 5.91 Å². The molecule has 2 aromatic rings. The lowest BCUT2D eigenvalue weighted by Crippen LogP contribution is -2.34. The molecule has 2 rings (SSSR count). The van der Waals surface area contributed by atoms with Crippen molar-refractivity contribution in [3.8, 4) is 0 Å². The highest BCUT2D eigenvalue weighted by Crippen LogP contribution is 2.16. The van der Waals surface area contributed by atoms with Crippen molar-refractivity contribution in [1.82, 2.24) is 5.32 Å². The van der Waals surface area contributed by atoms with Crippen molar-refractivity contribution in [3.05, 3.63) is 71.8 Å². The summed E-state index contributed by atoms with van der Waals surface area (Å²) in [5.41, 5.74) is 1.64. The molecule has 0 aliphatic rings. The van der Waals surface area contributed by atoms with Gasteiger partial charge in [-0.15, -0.1) is 0 Å². The average Bonchev–Trinajstić information content (AvgIpc) is 2.48. The molecule has 0 saturated heterocycles. The van der Waals surface area contributed by atoms with E-state index in [1.165, 1.54) is 0 Å². The molecule has 0 saturated carbocycles. The van der Waals surface area contributed by atoms with Gasteiger partial charge in [-0.25, -0.2) is 0 Å². The Balaban J connectivity index is 2.05. The molecule has 1 atom stereocenters. The van der Waals surface area contributed by atoms with E-state index in [1.807, 2.05) is 36.4 Å². The molecule has 4 nitrogen and oxygen atoms in total. The Kier molecular flexibility index (Phi) is 5.10. The Labute approximate surface area is 123 Å². The number of carboxylic acid groups (broad SMARTS) is 1. The van der Waals surface area contributed by atoms with Crippen molar-refractivity contribution >= 4 is 11.9 Å². The third-order valence-electron chi connectivity index (χ3n) is 3.12. The van der Waals surface area contributed by atoms with Crippen LogP contribution in [0.2, 0.25) is 0 Å². The van der Waals surface area contributed by atoms with E-state index in [9.17, 15) is 14.7 Å². The quantitative estimate of drug-likeness (QED) is 0.866. The molecule has 0 heterocycles. The second-order valence-electron chi connectivity index (χ2n) is 4.77. The first kappa shape index (κ1) is 14.8. The van der Waals surface area contributed by atoms with Crippen LogP contribution >= 0.6 is 0 Å². The van der Waals surface area contributed by atoms with Crippen molar-refractivity contribution in [1.29, 1.82) is 0 Å². The van der Waals surface area contributed by atoms with Gasteiger partial charge < -0.3 is 15.2 Å². The van der Waals surface area contributed by atoms with Gasteiger partial charge in [0.25, 0.3) is 0 Å². The van der Waals surface area contributed by atoms with E-state index in [1.54, 1.807) is 24.3 Å². The van der Waals surface area contributed by atoms with Crippen LogP contribution < -0.4 is 10.4 Å². The van der Waals surface area contributed by atoms with Crippen LogP contribution in [0.4, 0.5) is 0 Å². The predicted octanol–water partition coefficient (Wildman–Crippen LogP) is 1.23. The second-order valence-corrected chi connectivity index (χ2v) is 4.77. The predicted molar refractivity (Wildman–Crippen MR) is 77.1 cm³/mol. The number of rotatable bonds is 6. The molecular formula is C17H16NO3-. The molecular weight excluding hydrogens is 266 g/mol. The summed E-state index contributed by atoms with van der Waals surface area (Å²) >= 11 is 0. The van der Waals surface area contributed by atoms with Gasteiger partial charge in [0.1, 0.15) is 0 Å². The number of nitrogens with one attached hydrogen (secondary N) is 1. The van der Waals surface area contributed by atoms with Crippen LogP contribution in [0.1, 0.15) is 23.6 Å². The summed E-state index contributed by atoms with van der Waals surface area (Å²) in [4.78, 5) is 22.9. The van der Waals surface area contributed by atoms with Gasteiger partial charge in [0, 0.05) is 12.4 Å². The van der Waals surface area contributed by atoms with Gasteiger partial charge in [-0.1, -0.05) is 60.7 Å². The molecule has 0 aliphatic heterocycles. The summed E-state index contributed by atoms with van der Waals surface area (Å²) < 4.78 is 0. The Morgan fingerprint density at radius 3 is 2.10 bits per heavy atom. The number of benzene rings is 2. The van der Waals surface area contributed by atoms with Crippen molar-refractivity contribution < 1.29 is 14.7 Å². The van der Waals surface area contributed by atoms with E-state index in [0.717, 1.165) is 11.1 Å². The SMILES string of the molecule is O=C([O-])C[C@@H](NC(=O)Cc1ccccc1)c1ccccc1. The Morgan fingerprint density at radius 1 is 0.952 bits per heavy atom. The van der Waals surface area contributed by atoms with Crippen molar-refractivity contribution in [2.45, 2.75) is 18.9 Å². The number of carbonyl (C=O) groups excluding carboxylic acids is 2. The molecule has 108 valence electrons. The Morgan fingerprint density at radius 2 is 1.52 bits per heavy atom. The van der Waals surface area contributed by atoms with E-state index >= 15 is 0 Å². The second kappa shape index (κ2) is 7.24. The molecule has 0 bridgehead atoms. The van der Waals surface area contributed by atoms with Crippen LogP contribution in [0, 0.1) is 0 Å². The maximum atomic E-state index is 12.1. The minimum Gasteiger partial charge on any atom is -0.550 e. The molecule has 21 heavy (non-hydrogen) atoms. The first-order chi connectivity index (χ1) is 10.1. The van der Waals surface area contributed by atoms with Crippen LogP contribution in [0.15, 0.2) is 60.7 Å². The van der Waals surface area contributed by atoms with Gasteiger partial charge >= 0.3 is 0 Å². The van der Waals surface area contributed by atoms with Crippen LogP contribution in [-0.4, -0.2) is 11.9 Å². The zero-order valence-corrected chi connectivity index (χ0v) is 11.5. The van der Waals surface area contributed by atoms with Crippen LogP contribution in [0.3, 0.4) is 0 Å². The van der Waals surface area contributed by atoms with E-state index in [0.29, 0.717) is 0 Å². The van der Waals surface area contributed by atoms with E-state index in [-0.39, 0.29) is 18.7 Å². The highest BCUT2D eigenvalue weighted by molar-refractivity contribution is 5.79. The summed E-state index contributed by atoms with van der Waals surface area (Å²) in [6, 6.07) is 17.8. The summed E-state index contributed by atoms with van der Waals surface area (Å²) in [6.07, 6.45) is -0.0260. The van der Waals surface area contributed by atoms with Crippen molar-refractivity contribution in [3.63, 3.8) is 0 Å². The normalized spacial score (nSPS) is 11.6. The fraction of sp³-hybridized carbons (Fsp3) is 0.176. The minimum absolute atomic E-state index is 0.212. The summed E-state index contributed by atoms with van der Waals surface area (Å²) in [6.45, 7) is 0. The summed E-state index contributed by atoms with van der Waals surface area (Å²) in [5, 5.41) is 13.6. The fourth-order valence-electron chi connectivity index (χ4n) is 2.13. The lowest BCUT2D eigenvalue weighted by Gasteiger charge is -2.19. The number of amides is 1. The van der Waals surface area contributed by atoms with Crippen LogP contribution in [-0.2, 0) is 16.0 Å². The lowest BCUT2D eigenvalue weighted by molar-refractivity contribution is -0.306. The van der Waals surface area contributed by atoms with Gasteiger partial charge in [-0.05, 0) is 11.1 Å². The molecule has 0 fully saturated rings. The van der Waals surface area contributed by atoms with Gasteiger partial charge in [0.15, 0.2) is 0 Å². The van der Waals surface area contributed by atoms with Gasteiger partial charge in [0.05, 0.1) is 12.5 Å². The first-order valence-electron chi connectivity index (χ1n) is 6.73. The molecule has 1 N–H and O–H groups in total. The van der Waals surface area contributed by atoms with Gasteiger partial charge in [-0.3, -0.25) is 4.79 Å². The zero-order chi connectivity index (χ0) is 15.1.